The monoisotopic (exact) mass is 1270 g/mol. The van der Waals surface area contributed by atoms with Gasteiger partial charge in [-0.05, 0) is 71.8 Å². The molecule has 12 aromatic carbocycles. The molecule has 0 unspecified atom stereocenters. The van der Waals surface area contributed by atoms with Crippen molar-refractivity contribution in [3.8, 4) is 141 Å². The van der Waals surface area contributed by atoms with Crippen molar-refractivity contribution in [2.45, 2.75) is 7.43 Å². The van der Waals surface area contributed by atoms with Crippen molar-refractivity contribution < 1.29 is 9.47 Å². The van der Waals surface area contributed by atoms with Gasteiger partial charge in [-0.3, -0.25) is 0 Å². The van der Waals surface area contributed by atoms with E-state index in [-0.39, 0.29) is 7.43 Å². The van der Waals surface area contributed by atoms with E-state index in [1.54, 1.807) is 0 Å². The molecule has 6 nitrogen and oxygen atoms in total. The molecule has 6 heterocycles. The number of hydrogen-bond acceptors (Lipinski definition) is 4. The molecule has 94 heavy (non-hydrogen) atoms. The lowest BCUT2D eigenvalue weighted by atomic mass is 9.96. The third kappa shape index (κ3) is 11.1. The van der Waals surface area contributed by atoms with E-state index in [0.29, 0.717) is 0 Å². The van der Waals surface area contributed by atoms with E-state index >= 15 is 0 Å². The minimum absolute atomic E-state index is 0. The third-order valence-corrected chi connectivity index (χ3v) is 17.6. The smallest absolute Gasteiger partial charge is 0.136 e. The zero-order chi connectivity index (χ0) is 62.0. The van der Waals surface area contributed by atoms with Crippen LogP contribution in [-0.4, -0.2) is 19.5 Å². The Morgan fingerprint density at radius 1 is 0.298 bits per heavy atom. The Morgan fingerprint density at radius 3 is 1.12 bits per heavy atom. The SMILES string of the molecule is Brc1cc(-c2ccccc2)nc(-c2ccccc2)c1.C.c1ccc(-c2cc(-n3c4c(c5cccc(-c6ccccc6)c53)-c3ccccc3Oc3ccccc3-4)cc(-c3ccccc3)n2)cc1.c1ccc(-c2cccc3c4c([nH]c23)-c2ccccc2Oc2ccccc2-4)cc1. The first-order valence-electron chi connectivity index (χ1n) is 31.1. The average Bonchev–Trinajstić information content (AvgIpc) is 1.56. The zero-order valence-corrected chi connectivity index (χ0v) is 52.0. The third-order valence-electron chi connectivity index (χ3n) is 17.2. The molecule has 0 aliphatic carbocycles. The molecule has 2 aliphatic heterocycles. The number of rotatable bonds is 7. The van der Waals surface area contributed by atoms with Gasteiger partial charge in [-0.15, -0.1) is 0 Å². The van der Waals surface area contributed by atoms with Gasteiger partial charge in [0, 0.05) is 82.0 Å². The van der Waals surface area contributed by atoms with E-state index in [9.17, 15) is 0 Å². The van der Waals surface area contributed by atoms with Crippen LogP contribution in [0.5, 0.6) is 23.0 Å². The summed E-state index contributed by atoms with van der Waals surface area (Å²) in [4.78, 5) is 13.7. The number of aromatic nitrogens is 4. The van der Waals surface area contributed by atoms with Gasteiger partial charge in [0.2, 0.25) is 0 Å². The van der Waals surface area contributed by atoms with Gasteiger partial charge >= 0.3 is 0 Å². The average molecular weight is 1270 g/mol. The van der Waals surface area contributed by atoms with Gasteiger partial charge in [0.1, 0.15) is 23.0 Å². The number of fused-ring (bicyclic) bond motifs is 14. The maximum absolute atomic E-state index is 6.66. The van der Waals surface area contributed by atoms with E-state index in [0.717, 1.165) is 128 Å². The largest absolute Gasteiger partial charge is 0.456 e. The summed E-state index contributed by atoms with van der Waals surface area (Å²) < 4.78 is 16.4. The molecular weight excluding hydrogens is 1210 g/mol. The van der Waals surface area contributed by atoms with Crippen molar-refractivity contribution in [1.82, 2.24) is 19.5 Å². The summed E-state index contributed by atoms with van der Waals surface area (Å²) in [5, 5.41) is 2.38. The highest BCUT2D eigenvalue weighted by Gasteiger charge is 2.31. The first kappa shape index (κ1) is 58.5. The number of hydrogen-bond donors (Lipinski definition) is 1. The molecule has 18 rings (SSSR count). The van der Waals surface area contributed by atoms with Crippen molar-refractivity contribution in [1.29, 1.82) is 0 Å². The van der Waals surface area contributed by atoms with E-state index in [2.05, 4.69) is 268 Å². The van der Waals surface area contributed by atoms with Crippen LogP contribution < -0.4 is 9.47 Å². The quantitative estimate of drug-likeness (QED) is 0.173. The highest BCUT2D eigenvalue weighted by Crippen LogP contribution is 2.54. The molecule has 4 aromatic heterocycles. The maximum Gasteiger partial charge on any atom is 0.136 e. The molecule has 0 atom stereocenters. The van der Waals surface area contributed by atoms with Crippen molar-refractivity contribution in [2.24, 2.45) is 0 Å². The van der Waals surface area contributed by atoms with E-state index in [1.165, 1.54) is 38.6 Å². The predicted octanol–water partition coefficient (Wildman–Crippen LogP) is 24.6. The number of nitrogens with one attached hydrogen (secondary N) is 1. The normalized spacial score (nSPS) is 11.3. The fourth-order valence-electron chi connectivity index (χ4n) is 13.0. The number of para-hydroxylation sites is 6. The molecule has 0 amide bonds. The van der Waals surface area contributed by atoms with Gasteiger partial charge in [-0.2, -0.15) is 0 Å². The Morgan fingerprint density at radius 2 is 0.638 bits per heavy atom. The molecule has 0 saturated carbocycles. The summed E-state index contributed by atoms with van der Waals surface area (Å²) in [5.41, 5.74) is 25.2. The topological polar surface area (TPSA) is 65.0 Å². The summed E-state index contributed by atoms with van der Waals surface area (Å²) in [6, 6.07) is 118. The van der Waals surface area contributed by atoms with Crippen LogP contribution in [0.15, 0.2) is 344 Å². The van der Waals surface area contributed by atoms with Gasteiger partial charge < -0.3 is 19.0 Å². The fraction of sp³-hybridized carbons (Fsp3) is 0.0115. The molecule has 0 radical (unpaired) electrons. The lowest BCUT2D eigenvalue weighted by Gasteiger charge is -2.17. The second-order valence-electron chi connectivity index (χ2n) is 22.9. The second-order valence-corrected chi connectivity index (χ2v) is 23.8. The van der Waals surface area contributed by atoms with Crippen molar-refractivity contribution in [3.05, 3.63) is 344 Å². The van der Waals surface area contributed by atoms with Crippen LogP contribution in [0.2, 0.25) is 0 Å². The molecule has 0 bridgehead atoms. The number of pyridine rings is 2. The number of nitrogens with zero attached hydrogens (tertiary/aromatic N) is 3. The van der Waals surface area contributed by atoms with Gasteiger partial charge in [0.05, 0.1) is 50.9 Å². The molecular formula is C87H61BrN4O2. The van der Waals surface area contributed by atoms with Crippen molar-refractivity contribution >= 4 is 37.7 Å². The van der Waals surface area contributed by atoms with E-state index in [1.807, 2.05) is 97.1 Å². The Balaban J connectivity index is 0.000000129. The molecule has 0 fully saturated rings. The van der Waals surface area contributed by atoms with Gasteiger partial charge in [0.15, 0.2) is 0 Å². The first-order valence-corrected chi connectivity index (χ1v) is 31.9. The number of halogens is 1. The fourth-order valence-corrected chi connectivity index (χ4v) is 13.4. The maximum atomic E-state index is 6.66. The molecule has 0 spiro atoms. The van der Waals surface area contributed by atoms with Gasteiger partial charge in [0.25, 0.3) is 0 Å². The summed E-state index contributed by atoms with van der Waals surface area (Å²) in [6.07, 6.45) is 0. The van der Waals surface area contributed by atoms with Gasteiger partial charge in [-0.25, -0.2) is 9.97 Å². The molecule has 448 valence electrons. The van der Waals surface area contributed by atoms with E-state index < -0.39 is 0 Å². The zero-order valence-electron chi connectivity index (χ0n) is 50.4. The Hall–Kier alpha value is -11.9. The first-order chi connectivity index (χ1) is 46.1. The Kier molecular flexibility index (Phi) is 16.0. The van der Waals surface area contributed by atoms with Crippen LogP contribution in [-0.2, 0) is 0 Å². The summed E-state index contributed by atoms with van der Waals surface area (Å²) in [6.45, 7) is 0. The molecule has 1 N–H and O–H groups in total. The second kappa shape index (κ2) is 25.8. The summed E-state index contributed by atoms with van der Waals surface area (Å²) in [5.74, 6) is 3.45. The minimum Gasteiger partial charge on any atom is -0.456 e. The number of H-pyrrole nitrogens is 1. The Bertz CT molecular complexity index is 5270. The summed E-state index contributed by atoms with van der Waals surface area (Å²) >= 11 is 3.57. The number of aromatic amines is 1. The number of benzene rings is 12. The van der Waals surface area contributed by atoms with Crippen LogP contribution in [0.4, 0.5) is 0 Å². The molecule has 0 saturated heterocycles. The van der Waals surface area contributed by atoms with Crippen LogP contribution in [0.1, 0.15) is 7.43 Å². The lowest BCUT2D eigenvalue weighted by Crippen LogP contribution is -2.02. The molecule has 2 aliphatic rings. The van der Waals surface area contributed by atoms with Gasteiger partial charge in [-0.1, -0.05) is 302 Å². The van der Waals surface area contributed by atoms with Crippen LogP contribution in [0, 0.1) is 0 Å². The van der Waals surface area contributed by atoms with Crippen LogP contribution >= 0.6 is 15.9 Å². The van der Waals surface area contributed by atoms with Crippen molar-refractivity contribution in [3.63, 3.8) is 0 Å². The lowest BCUT2D eigenvalue weighted by molar-refractivity contribution is 0.487. The molecule has 7 heteroatoms. The predicted molar refractivity (Wildman–Crippen MR) is 393 cm³/mol. The number of ether oxygens (including phenoxy) is 2. The standard InChI is InChI=1S/C43H28N2O.C26H17NO.C17H12BrN.CH4/c1-4-15-29(16-5-1)33-23-14-24-36-41-34-21-10-12-25-39(34)46-40-26-13-11-22-35(40)43(41)45(42(33)36)32-27-37(30-17-6-2-7-18-30)44-38(28-32)31-19-8-3-9-20-31;1-2-9-17(10-3-1)18-13-8-14-21-24-19-11-4-6-15-22(19)28-23-16-7-5-12-20(23)26(24)27-25(18)21;18-15-11-16(13-7-3-1-4-8-13)19-17(12-15)14-9-5-2-6-10-14;/h1-28H;1-16,27H;1-12H;1H4. The minimum atomic E-state index is 0. The van der Waals surface area contributed by atoms with E-state index in [4.69, 9.17) is 19.4 Å². The Labute approximate surface area is 555 Å². The van der Waals surface area contributed by atoms with Crippen LogP contribution in [0.3, 0.4) is 0 Å². The summed E-state index contributed by atoms with van der Waals surface area (Å²) in [7, 11) is 0. The van der Waals surface area contributed by atoms with Crippen LogP contribution in [0.25, 0.3) is 140 Å². The highest BCUT2D eigenvalue weighted by molar-refractivity contribution is 9.10. The highest BCUT2D eigenvalue weighted by atomic mass is 79.9. The molecule has 16 aromatic rings. The van der Waals surface area contributed by atoms with Crippen molar-refractivity contribution in [2.75, 3.05) is 0 Å².